The quantitative estimate of drug-likeness (QED) is 0.716. The molecule has 0 aromatic heterocycles. The van der Waals surface area contributed by atoms with E-state index in [-0.39, 0.29) is 18.9 Å². The molecule has 0 aromatic rings. The highest BCUT2D eigenvalue weighted by atomic mass is 16.4. The molecule has 0 bridgehead atoms. The summed E-state index contributed by atoms with van der Waals surface area (Å²) in [4.78, 5) is 35.3. The molecule has 6 heteroatoms. The van der Waals surface area contributed by atoms with Crippen molar-refractivity contribution in [3.05, 3.63) is 0 Å². The first-order chi connectivity index (χ1) is 7.64. The summed E-state index contributed by atoms with van der Waals surface area (Å²) in [5.41, 5.74) is 4.55. The summed E-state index contributed by atoms with van der Waals surface area (Å²) in [6, 6.07) is -0.931. The van der Waals surface area contributed by atoms with Crippen LogP contribution >= 0.6 is 0 Å². The van der Waals surface area contributed by atoms with Crippen LogP contribution in [0.15, 0.2) is 0 Å². The molecule has 1 aliphatic rings. The van der Waals surface area contributed by atoms with Crippen molar-refractivity contribution in [2.45, 2.75) is 33.2 Å². The van der Waals surface area contributed by atoms with Crippen LogP contribution in [0, 0.1) is 11.3 Å². The Morgan fingerprint density at radius 2 is 2.00 bits per heavy atom. The molecular weight excluding hydrogens is 224 g/mol. The van der Waals surface area contributed by atoms with E-state index in [4.69, 9.17) is 5.73 Å². The van der Waals surface area contributed by atoms with E-state index in [2.05, 4.69) is 0 Å². The second-order valence-corrected chi connectivity index (χ2v) is 5.46. The van der Waals surface area contributed by atoms with E-state index < -0.39 is 29.3 Å². The minimum absolute atomic E-state index is 0.00912. The summed E-state index contributed by atoms with van der Waals surface area (Å²) in [6.07, 6.45) is 0.00912. The molecule has 2 amide bonds. The van der Waals surface area contributed by atoms with Crippen molar-refractivity contribution in [1.82, 2.24) is 4.90 Å². The van der Waals surface area contributed by atoms with Gasteiger partial charge >= 0.3 is 5.97 Å². The van der Waals surface area contributed by atoms with Crippen molar-refractivity contribution in [2.75, 3.05) is 6.54 Å². The number of aliphatic carboxylic acids is 1. The highest BCUT2D eigenvalue weighted by molar-refractivity contribution is 5.91. The zero-order valence-electron chi connectivity index (χ0n) is 10.3. The predicted molar refractivity (Wildman–Crippen MR) is 59.9 cm³/mol. The maximum Gasteiger partial charge on any atom is 0.326 e. The number of amides is 2. The van der Waals surface area contributed by atoms with Gasteiger partial charge in [0.05, 0.1) is 5.92 Å². The molecule has 96 valence electrons. The summed E-state index contributed by atoms with van der Waals surface area (Å²) >= 11 is 0. The smallest absolute Gasteiger partial charge is 0.326 e. The number of primary amides is 1. The van der Waals surface area contributed by atoms with Gasteiger partial charge in [-0.3, -0.25) is 9.59 Å². The molecule has 3 N–H and O–H groups in total. The minimum atomic E-state index is -1.06. The Labute approximate surface area is 99.8 Å². The van der Waals surface area contributed by atoms with Gasteiger partial charge in [0.1, 0.15) is 6.04 Å². The normalized spacial score (nSPS) is 22.6. The van der Waals surface area contributed by atoms with Gasteiger partial charge in [0.2, 0.25) is 11.8 Å². The summed E-state index contributed by atoms with van der Waals surface area (Å²) in [7, 11) is 0. The maximum atomic E-state index is 11.7. The molecule has 1 fully saturated rings. The fraction of sp³-hybridized carbons (Fsp3) is 0.727. The van der Waals surface area contributed by atoms with Crippen LogP contribution in [0.2, 0.25) is 0 Å². The van der Waals surface area contributed by atoms with E-state index in [9.17, 15) is 19.5 Å². The number of likely N-dealkylation sites (tertiary alicyclic amines) is 1. The number of carbonyl (C=O) groups excluding carboxylic acids is 2. The summed E-state index contributed by atoms with van der Waals surface area (Å²) in [5, 5.41) is 9.20. The lowest BCUT2D eigenvalue weighted by Crippen LogP contribution is -2.50. The van der Waals surface area contributed by atoms with Crippen LogP contribution in [0.3, 0.4) is 0 Å². The molecule has 1 rings (SSSR count). The molecule has 1 aliphatic heterocycles. The molecule has 0 aromatic carbocycles. The molecule has 1 unspecified atom stereocenters. The number of nitrogens with two attached hydrogens (primary N) is 1. The van der Waals surface area contributed by atoms with Gasteiger partial charge < -0.3 is 15.7 Å². The molecule has 17 heavy (non-hydrogen) atoms. The molecule has 0 radical (unpaired) electrons. The van der Waals surface area contributed by atoms with Gasteiger partial charge in [0.25, 0.3) is 0 Å². The van der Waals surface area contributed by atoms with Crippen LogP contribution in [-0.4, -0.2) is 40.4 Å². The van der Waals surface area contributed by atoms with Gasteiger partial charge in [-0.1, -0.05) is 20.8 Å². The molecule has 0 saturated carbocycles. The summed E-state index contributed by atoms with van der Waals surface area (Å²) in [6.45, 7) is 5.34. The van der Waals surface area contributed by atoms with Gasteiger partial charge in [-0.05, 0) is 5.41 Å². The standard InChI is InChI=1S/C11H18N2O4/c1-11(2,3)8(10(16)17)13-5-6(9(12)15)4-7(13)14/h6,8H,4-5H2,1-3H3,(H2,12,15)(H,16,17)/t6?,8-/m1/s1. The average molecular weight is 242 g/mol. The Morgan fingerprint density at radius 1 is 1.47 bits per heavy atom. The molecule has 2 atom stereocenters. The van der Waals surface area contributed by atoms with E-state index in [0.717, 1.165) is 0 Å². The fourth-order valence-corrected chi connectivity index (χ4v) is 2.14. The van der Waals surface area contributed by atoms with Crippen LogP contribution in [0.25, 0.3) is 0 Å². The van der Waals surface area contributed by atoms with Crippen LogP contribution in [0.5, 0.6) is 0 Å². The number of carboxylic acid groups (broad SMARTS) is 1. The van der Waals surface area contributed by atoms with Gasteiger partial charge in [-0.2, -0.15) is 0 Å². The highest BCUT2D eigenvalue weighted by Crippen LogP contribution is 2.30. The Bertz CT molecular complexity index is 359. The number of carbonyl (C=O) groups is 3. The van der Waals surface area contributed by atoms with Crippen molar-refractivity contribution in [1.29, 1.82) is 0 Å². The first kappa shape index (κ1) is 13.5. The van der Waals surface area contributed by atoms with Crippen molar-refractivity contribution in [2.24, 2.45) is 17.1 Å². The third-order valence-electron chi connectivity index (χ3n) is 2.93. The Balaban J connectivity index is 2.95. The van der Waals surface area contributed by atoms with Crippen molar-refractivity contribution < 1.29 is 19.5 Å². The topological polar surface area (TPSA) is 101 Å². The number of hydrogen-bond acceptors (Lipinski definition) is 3. The summed E-state index contributed by atoms with van der Waals surface area (Å²) in [5.74, 6) is -2.52. The van der Waals surface area contributed by atoms with Crippen molar-refractivity contribution >= 4 is 17.8 Å². The lowest BCUT2D eigenvalue weighted by atomic mass is 9.85. The van der Waals surface area contributed by atoms with Gasteiger partial charge in [0, 0.05) is 13.0 Å². The van der Waals surface area contributed by atoms with Crippen molar-refractivity contribution in [3.63, 3.8) is 0 Å². The zero-order valence-corrected chi connectivity index (χ0v) is 10.3. The van der Waals surface area contributed by atoms with Gasteiger partial charge in [-0.25, -0.2) is 4.79 Å². The number of carboxylic acids is 1. The monoisotopic (exact) mass is 242 g/mol. The Kier molecular flexibility index (Phi) is 3.45. The van der Waals surface area contributed by atoms with Crippen LogP contribution in [0.1, 0.15) is 27.2 Å². The van der Waals surface area contributed by atoms with E-state index in [0.29, 0.717) is 0 Å². The largest absolute Gasteiger partial charge is 0.480 e. The van der Waals surface area contributed by atoms with Crippen LogP contribution in [-0.2, 0) is 14.4 Å². The van der Waals surface area contributed by atoms with Crippen LogP contribution < -0.4 is 5.73 Å². The van der Waals surface area contributed by atoms with Gasteiger partial charge in [-0.15, -0.1) is 0 Å². The second-order valence-electron chi connectivity index (χ2n) is 5.46. The van der Waals surface area contributed by atoms with E-state index in [1.54, 1.807) is 20.8 Å². The summed E-state index contributed by atoms with van der Waals surface area (Å²) < 4.78 is 0. The first-order valence-electron chi connectivity index (χ1n) is 5.46. The number of nitrogens with zero attached hydrogens (tertiary/aromatic N) is 1. The molecular formula is C11H18N2O4. The molecule has 0 aliphatic carbocycles. The van der Waals surface area contributed by atoms with Crippen molar-refractivity contribution in [3.8, 4) is 0 Å². The molecule has 1 heterocycles. The number of hydrogen-bond donors (Lipinski definition) is 2. The Hall–Kier alpha value is -1.59. The van der Waals surface area contributed by atoms with E-state index in [1.807, 2.05) is 0 Å². The van der Waals surface area contributed by atoms with Crippen LogP contribution in [0.4, 0.5) is 0 Å². The second kappa shape index (κ2) is 4.35. The maximum absolute atomic E-state index is 11.7. The number of rotatable bonds is 3. The first-order valence-corrected chi connectivity index (χ1v) is 5.46. The van der Waals surface area contributed by atoms with E-state index in [1.165, 1.54) is 4.90 Å². The highest BCUT2D eigenvalue weighted by Gasteiger charge is 2.44. The van der Waals surface area contributed by atoms with Gasteiger partial charge in [0.15, 0.2) is 0 Å². The Morgan fingerprint density at radius 3 is 2.29 bits per heavy atom. The third-order valence-corrected chi connectivity index (χ3v) is 2.93. The lowest BCUT2D eigenvalue weighted by Gasteiger charge is -2.34. The lowest BCUT2D eigenvalue weighted by molar-refractivity contribution is -0.153. The third kappa shape index (κ3) is 2.75. The fourth-order valence-electron chi connectivity index (χ4n) is 2.14. The zero-order chi connectivity index (χ0) is 13.4. The minimum Gasteiger partial charge on any atom is -0.480 e. The average Bonchev–Trinajstić information content (AvgIpc) is 2.45. The van der Waals surface area contributed by atoms with E-state index >= 15 is 0 Å². The SMILES string of the molecule is CC(C)(C)[C@@H](C(=O)O)N1CC(C(N)=O)CC1=O. The molecule has 1 saturated heterocycles. The molecule has 6 nitrogen and oxygen atoms in total. The predicted octanol–water partition coefficient (Wildman–Crippen LogP) is -0.180. The molecule has 0 spiro atoms.